The second-order valence-electron chi connectivity index (χ2n) is 6.40. The summed E-state index contributed by atoms with van der Waals surface area (Å²) >= 11 is 0. The molecule has 1 unspecified atom stereocenters. The van der Waals surface area contributed by atoms with Gasteiger partial charge >= 0.3 is 0 Å². The predicted molar refractivity (Wildman–Crippen MR) is 111 cm³/mol. The Labute approximate surface area is 164 Å². The first-order valence-corrected chi connectivity index (χ1v) is 9.04. The van der Waals surface area contributed by atoms with Crippen LogP contribution >= 0.6 is 0 Å². The van der Waals surface area contributed by atoms with Gasteiger partial charge in [-0.1, -0.05) is 30.3 Å². The van der Waals surface area contributed by atoms with Gasteiger partial charge in [-0.15, -0.1) is 0 Å². The molecule has 1 heterocycles. The molecule has 0 aliphatic carbocycles. The third-order valence-electron chi connectivity index (χ3n) is 4.85. The van der Waals surface area contributed by atoms with Gasteiger partial charge in [-0.05, 0) is 47.5 Å². The van der Waals surface area contributed by atoms with Crippen molar-refractivity contribution < 1.29 is 14.3 Å². The minimum Gasteiger partial charge on any atom is -0.497 e. The molecule has 28 heavy (non-hydrogen) atoms. The zero-order valence-electron chi connectivity index (χ0n) is 16.1. The van der Waals surface area contributed by atoms with Crippen molar-refractivity contribution in [2.24, 2.45) is 4.99 Å². The maximum Gasteiger partial charge on any atom is 0.124 e. The Bertz CT molecular complexity index is 984. The number of hydroxylamine groups is 1. The molecule has 4 rings (SSSR count). The SMILES string of the molecule is COc1ccc(C2=Nc3ccc(OC)cc3N(OC)C2c2ccccc2)cc1. The molecule has 0 radical (unpaired) electrons. The molecule has 0 N–H and O–H groups in total. The van der Waals surface area contributed by atoms with Crippen molar-refractivity contribution in [3.05, 3.63) is 83.9 Å². The number of hydrogen-bond donors (Lipinski definition) is 0. The van der Waals surface area contributed by atoms with Crippen LogP contribution in [0.1, 0.15) is 17.2 Å². The highest BCUT2D eigenvalue weighted by molar-refractivity contribution is 6.10. The molecule has 1 atom stereocenters. The molecule has 5 nitrogen and oxygen atoms in total. The Balaban J connectivity index is 1.91. The van der Waals surface area contributed by atoms with Crippen molar-refractivity contribution in [1.29, 1.82) is 0 Å². The van der Waals surface area contributed by atoms with Crippen molar-refractivity contribution in [2.45, 2.75) is 6.04 Å². The summed E-state index contributed by atoms with van der Waals surface area (Å²) in [5.41, 5.74) is 4.72. The summed E-state index contributed by atoms with van der Waals surface area (Å²) in [5, 5.41) is 1.89. The number of fused-ring (bicyclic) bond motifs is 1. The number of rotatable bonds is 5. The highest BCUT2D eigenvalue weighted by atomic mass is 16.7. The molecule has 5 heteroatoms. The van der Waals surface area contributed by atoms with E-state index in [9.17, 15) is 0 Å². The second kappa shape index (κ2) is 7.74. The average Bonchev–Trinajstić information content (AvgIpc) is 2.78. The minimum atomic E-state index is -0.195. The van der Waals surface area contributed by atoms with Gasteiger partial charge in [0.15, 0.2) is 0 Å². The molecule has 142 valence electrons. The summed E-state index contributed by atoms with van der Waals surface area (Å²) in [4.78, 5) is 10.9. The zero-order chi connectivity index (χ0) is 19.5. The van der Waals surface area contributed by atoms with E-state index in [-0.39, 0.29) is 6.04 Å². The molecule has 0 bridgehead atoms. The van der Waals surface area contributed by atoms with E-state index in [1.54, 1.807) is 21.3 Å². The van der Waals surface area contributed by atoms with Crippen LogP contribution in [0.4, 0.5) is 11.4 Å². The van der Waals surface area contributed by atoms with Crippen molar-refractivity contribution in [2.75, 3.05) is 26.4 Å². The first kappa shape index (κ1) is 18.1. The molecule has 3 aromatic rings. The maximum absolute atomic E-state index is 5.85. The van der Waals surface area contributed by atoms with Crippen LogP contribution in [0.25, 0.3) is 0 Å². The van der Waals surface area contributed by atoms with Crippen molar-refractivity contribution >= 4 is 17.1 Å². The lowest BCUT2D eigenvalue weighted by Crippen LogP contribution is -2.36. The fourth-order valence-corrected chi connectivity index (χ4v) is 3.46. The van der Waals surface area contributed by atoms with Gasteiger partial charge in [-0.3, -0.25) is 4.84 Å². The summed E-state index contributed by atoms with van der Waals surface area (Å²) in [6, 6.07) is 23.8. The third-order valence-corrected chi connectivity index (χ3v) is 4.85. The Morgan fingerprint density at radius 1 is 0.786 bits per heavy atom. The number of hydrogen-bond acceptors (Lipinski definition) is 5. The van der Waals surface area contributed by atoms with E-state index in [4.69, 9.17) is 19.3 Å². The third kappa shape index (κ3) is 3.21. The first-order chi connectivity index (χ1) is 13.7. The van der Waals surface area contributed by atoms with E-state index in [1.807, 2.05) is 65.7 Å². The number of aliphatic imine (C=N–C) groups is 1. The maximum atomic E-state index is 5.85. The number of nitrogens with zero attached hydrogens (tertiary/aromatic N) is 2. The standard InChI is InChI=1S/C23H22N2O3/c1-26-18-11-9-16(10-12-18)22-23(17-7-5-4-6-8-17)25(28-3)21-15-19(27-2)13-14-20(21)24-22/h4-15,23H,1-3H3. The molecule has 0 amide bonds. The summed E-state index contributed by atoms with van der Waals surface area (Å²) < 4.78 is 10.7. The molecule has 0 spiro atoms. The van der Waals surface area contributed by atoms with Gasteiger partial charge in [0, 0.05) is 6.07 Å². The molecular formula is C23H22N2O3. The lowest BCUT2D eigenvalue weighted by atomic mass is 9.93. The fourth-order valence-electron chi connectivity index (χ4n) is 3.46. The van der Waals surface area contributed by atoms with Crippen LogP contribution in [-0.4, -0.2) is 27.0 Å². The highest BCUT2D eigenvalue weighted by Gasteiger charge is 2.33. The van der Waals surface area contributed by atoms with E-state index in [0.717, 1.165) is 39.7 Å². The Morgan fingerprint density at radius 2 is 1.46 bits per heavy atom. The predicted octanol–water partition coefficient (Wildman–Crippen LogP) is 4.95. The van der Waals surface area contributed by atoms with E-state index in [2.05, 4.69) is 12.1 Å². The summed E-state index contributed by atoms with van der Waals surface area (Å²) in [7, 11) is 4.99. The molecule has 3 aromatic carbocycles. The lowest BCUT2D eigenvalue weighted by Gasteiger charge is -2.36. The monoisotopic (exact) mass is 374 g/mol. The molecule has 0 aromatic heterocycles. The van der Waals surface area contributed by atoms with Crippen molar-refractivity contribution in [3.8, 4) is 11.5 Å². The molecular weight excluding hydrogens is 352 g/mol. The summed E-state index contributed by atoms with van der Waals surface area (Å²) in [6.45, 7) is 0. The number of benzene rings is 3. The number of ether oxygens (including phenoxy) is 2. The molecule has 0 fully saturated rings. The number of anilines is 1. The van der Waals surface area contributed by atoms with E-state index < -0.39 is 0 Å². The van der Waals surface area contributed by atoms with Crippen LogP contribution in [0.15, 0.2) is 77.8 Å². The van der Waals surface area contributed by atoms with Gasteiger partial charge in [0.2, 0.25) is 0 Å². The average molecular weight is 374 g/mol. The highest BCUT2D eigenvalue weighted by Crippen LogP contribution is 2.43. The Kier molecular flexibility index (Phi) is 5.00. The van der Waals surface area contributed by atoms with Crippen molar-refractivity contribution in [3.63, 3.8) is 0 Å². The quantitative estimate of drug-likeness (QED) is 0.634. The van der Waals surface area contributed by atoms with Crippen LogP contribution in [0.5, 0.6) is 11.5 Å². The van der Waals surface area contributed by atoms with Crippen LogP contribution < -0.4 is 14.5 Å². The largest absolute Gasteiger partial charge is 0.497 e. The van der Waals surface area contributed by atoms with Crippen LogP contribution in [0.2, 0.25) is 0 Å². The van der Waals surface area contributed by atoms with E-state index in [1.165, 1.54) is 0 Å². The summed E-state index contributed by atoms with van der Waals surface area (Å²) in [5.74, 6) is 1.57. The second-order valence-corrected chi connectivity index (χ2v) is 6.40. The normalized spacial score (nSPS) is 15.6. The van der Waals surface area contributed by atoms with Gasteiger partial charge in [-0.25, -0.2) is 10.1 Å². The van der Waals surface area contributed by atoms with E-state index >= 15 is 0 Å². The van der Waals surface area contributed by atoms with E-state index in [0.29, 0.717) is 0 Å². The van der Waals surface area contributed by atoms with Gasteiger partial charge in [0.05, 0.1) is 38.4 Å². The van der Waals surface area contributed by atoms with Crippen LogP contribution in [-0.2, 0) is 4.84 Å². The van der Waals surface area contributed by atoms with Gasteiger partial charge in [-0.2, -0.15) is 0 Å². The van der Waals surface area contributed by atoms with Crippen molar-refractivity contribution in [1.82, 2.24) is 0 Å². The summed E-state index contributed by atoms with van der Waals surface area (Å²) in [6.07, 6.45) is 0. The Morgan fingerprint density at radius 3 is 2.11 bits per heavy atom. The topological polar surface area (TPSA) is 43.3 Å². The molecule has 1 aliphatic rings. The molecule has 0 saturated carbocycles. The molecule has 0 saturated heterocycles. The van der Waals surface area contributed by atoms with Crippen LogP contribution in [0, 0.1) is 0 Å². The fraction of sp³-hybridized carbons (Fsp3) is 0.174. The van der Waals surface area contributed by atoms with Gasteiger partial charge in [0.1, 0.15) is 17.5 Å². The van der Waals surface area contributed by atoms with Gasteiger partial charge < -0.3 is 9.47 Å². The minimum absolute atomic E-state index is 0.195. The molecule has 1 aliphatic heterocycles. The number of methoxy groups -OCH3 is 2. The Hall–Kier alpha value is -3.31. The van der Waals surface area contributed by atoms with Crippen LogP contribution in [0.3, 0.4) is 0 Å². The first-order valence-electron chi connectivity index (χ1n) is 9.04. The smallest absolute Gasteiger partial charge is 0.124 e. The lowest BCUT2D eigenvalue weighted by molar-refractivity contribution is 0.155. The van der Waals surface area contributed by atoms with Gasteiger partial charge in [0.25, 0.3) is 0 Å². The zero-order valence-corrected chi connectivity index (χ0v) is 16.1.